The second-order valence-electron chi connectivity index (χ2n) is 4.58. The fraction of sp³-hybridized carbons (Fsp3) is 0.200. The summed E-state index contributed by atoms with van der Waals surface area (Å²) in [6.45, 7) is 0.625. The Labute approximate surface area is 127 Å². The highest BCUT2D eigenvalue weighted by Crippen LogP contribution is 2.11. The van der Waals surface area contributed by atoms with Crippen molar-refractivity contribution in [1.82, 2.24) is 9.97 Å². The maximum Gasteiger partial charge on any atom is 0.303 e. The number of hydrogen-bond acceptors (Lipinski definition) is 5. The maximum absolute atomic E-state index is 11.5. The molecular formula is C15H16N4O3. The Kier molecular flexibility index (Phi) is 5.42. The number of hydrogen-bond donors (Lipinski definition) is 3. The number of carbonyl (C=O) groups excluding carboxylic acids is 1. The summed E-state index contributed by atoms with van der Waals surface area (Å²) in [7, 11) is 0. The molecule has 7 nitrogen and oxygen atoms in total. The van der Waals surface area contributed by atoms with Crippen LogP contribution in [0.4, 0.5) is 11.5 Å². The first-order chi connectivity index (χ1) is 10.6. The standard InChI is InChI=1S/C15H16N4O3/c20-14(3-4-15(21)22)19-12-1-2-13(18-10-12)17-9-11-5-7-16-8-6-11/h1-2,5-8,10H,3-4,9H2,(H,17,18)(H,19,20)(H,21,22). The molecule has 2 rings (SSSR count). The molecule has 2 aromatic heterocycles. The quantitative estimate of drug-likeness (QED) is 0.721. The highest BCUT2D eigenvalue weighted by atomic mass is 16.4. The number of aromatic nitrogens is 2. The molecule has 0 radical (unpaired) electrons. The van der Waals surface area contributed by atoms with Crippen molar-refractivity contribution in [3.8, 4) is 0 Å². The number of nitrogens with zero attached hydrogens (tertiary/aromatic N) is 2. The average molecular weight is 300 g/mol. The Morgan fingerprint density at radius 2 is 1.86 bits per heavy atom. The van der Waals surface area contributed by atoms with E-state index in [1.165, 1.54) is 6.20 Å². The van der Waals surface area contributed by atoms with E-state index in [4.69, 9.17) is 5.11 Å². The molecule has 2 heterocycles. The first kappa shape index (κ1) is 15.4. The molecule has 114 valence electrons. The van der Waals surface area contributed by atoms with Gasteiger partial charge in [0.1, 0.15) is 5.82 Å². The Balaban J connectivity index is 1.82. The van der Waals surface area contributed by atoms with E-state index in [-0.39, 0.29) is 18.7 Å². The minimum absolute atomic E-state index is 0.0582. The van der Waals surface area contributed by atoms with E-state index < -0.39 is 5.97 Å². The van der Waals surface area contributed by atoms with Gasteiger partial charge >= 0.3 is 5.97 Å². The fourth-order valence-corrected chi connectivity index (χ4v) is 1.71. The summed E-state index contributed by atoms with van der Waals surface area (Å²) in [5, 5.41) is 14.3. The van der Waals surface area contributed by atoms with Crippen LogP contribution in [-0.2, 0) is 16.1 Å². The molecule has 0 aliphatic heterocycles. The molecule has 0 saturated heterocycles. The third-order valence-corrected chi connectivity index (χ3v) is 2.84. The molecule has 3 N–H and O–H groups in total. The monoisotopic (exact) mass is 300 g/mol. The summed E-state index contributed by atoms with van der Waals surface area (Å²) < 4.78 is 0. The summed E-state index contributed by atoms with van der Waals surface area (Å²) in [5.41, 5.74) is 1.62. The maximum atomic E-state index is 11.5. The van der Waals surface area contributed by atoms with Gasteiger partial charge in [0.05, 0.1) is 18.3 Å². The van der Waals surface area contributed by atoms with Crippen molar-refractivity contribution in [1.29, 1.82) is 0 Å². The van der Waals surface area contributed by atoms with E-state index in [2.05, 4.69) is 20.6 Å². The molecule has 7 heteroatoms. The van der Waals surface area contributed by atoms with Gasteiger partial charge in [-0.25, -0.2) is 4.98 Å². The predicted molar refractivity (Wildman–Crippen MR) is 81.3 cm³/mol. The van der Waals surface area contributed by atoms with Gasteiger partial charge in [0.25, 0.3) is 0 Å². The molecule has 2 aromatic rings. The number of anilines is 2. The number of nitrogens with one attached hydrogen (secondary N) is 2. The van der Waals surface area contributed by atoms with E-state index in [9.17, 15) is 9.59 Å². The summed E-state index contributed by atoms with van der Waals surface area (Å²) in [6.07, 6.45) is 4.72. The van der Waals surface area contributed by atoms with Gasteiger partial charge in [-0.2, -0.15) is 0 Å². The number of carboxylic acid groups (broad SMARTS) is 1. The van der Waals surface area contributed by atoms with Gasteiger partial charge in [-0.1, -0.05) is 0 Å². The number of rotatable bonds is 7. The molecule has 0 aromatic carbocycles. The van der Waals surface area contributed by atoms with Gasteiger partial charge in [0.2, 0.25) is 5.91 Å². The lowest BCUT2D eigenvalue weighted by atomic mass is 10.2. The van der Waals surface area contributed by atoms with Crippen LogP contribution in [-0.4, -0.2) is 27.0 Å². The van der Waals surface area contributed by atoms with Gasteiger partial charge in [0.15, 0.2) is 0 Å². The lowest BCUT2D eigenvalue weighted by Crippen LogP contribution is -2.13. The molecule has 0 fully saturated rings. The Hall–Kier alpha value is -2.96. The largest absolute Gasteiger partial charge is 0.481 e. The van der Waals surface area contributed by atoms with Crippen LogP contribution in [0.1, 0.15) is 18.4 Å². The topological polar surface area (TPSA) is 104 Å². The molecule has 0 bridgehead atoms. The van der Waals surface area contributed by atoms with Crippen molar-refractivity contribution < 1.29 is 14.7 Å². The van der Waals surface area contributed by atoms with Crippen LogP contribution in [0.2, 0.25) is 0 Å². The van der Waals surface area contributed by atoms with Gasteiger partial charge in [-0.3, -0.25) is 14.6 Å². The third kappa shape index (κ3) is 5.20. The Bertz CT molecular complexity index is 629. The van der Waals surface area contributed by atoms with Gasteiger partial charge < -0.3 is 15.7 Å². The summed E-state index contributed by atoms with van der Waals surface area (Å²) in [6, 6.07) is 7.27. The van der Waals surface area contributed by atoms with Crippen molar-refractivity contribution in [3.05, 3.63) is 48.4 Å². The van der Waals surface area contributed by atoms with Crippen LogP contribution in [0.3, 0.4) is 0 Å². The number of amides is 1. The Morgan fingerprint density at radius 1 is 1.09 bits per heavy atom. The first-order valence-electron chi connectivity index (χ1n) is 6.74. The lowest BCUT2D eigenvalue weighted by Gasteiger charge is -2.07. The first-order valence-corrected chi connectivity index (χ1v) is 6.74. The predicted octanol–water partition coefficient (Wildman–Crippen LogP) is 1.89. The molecular weight excluding hydrogens is 284 g/mol. The molecule has 0 aliphatic carbocycles. The SMILES string of the molecule is O=C(O)CCC(=O)Nc1ccc(NCc2ccncc2)nc1. The smallest absolute Gasteiger partial charge is 0.303 e. The van der Waals surface area contributed by atoms with Gasteiger partial charge in [-0.15, -0.1) is 0 Å². The number of aliphatic carboxylic acids is 1. The van der Waals surface area contributed by atoms with Crippen molar-refractivity contribution in [2.45, 2.75) is 19.4 Å². The van der Waals surface area contributed by atoms with Crippen LogP contribution in [0.15, 0.2) is 42.9 Å². The number of carbonyl (C=O) groups is 2. The highest BCUT2D eigenvalue weighted by Gasteiger charge is 2.06. The Morgan fingerprint density at radius 3 is 2.50 bits per heavy atom. The van der Waals surface area contributed by atoms with Crippen LogP contribution < -0.4 is 10.6 Å². The van der Waals surface area contributed by atoms with Gasteiger partial charge in [-0.05, 0) is 29.8 Å². The molecule has 0 unspecified atom stereocenters. The average Bonchev–Trinajstić information content (AvgIpc) is 2.53. The van der Waals surface area contributed by atoms with Crippen molar-refractivity contribution in [3.63, 3.8) is 0 Å². The van der Waals surface area contributed by atoms with Crippen molar-refractivity contribution in [2.24, 2.45) is 0 Å². The number of pyridine rings is 2. The highest BCUT2D eigenvalue weighted by molar-refractivity contribution is 5.92. The van der Waals surface area contributed by atoms with E-state index in [0.29, 0.717) is 18.1 Å². The molecule has 22 heavy (non-hydrogen) atoms. The van der Waals surface area contributed by atoms with E-state index in [0.717, 1.165) is 5.56 Å². The minimum atomic E-state index is -0.996. The molecule has 1 amide bonds. The van der Waals surface area contributed by atoms with E-state index >= 15 is 0 Å². The normalized spacial score (nSPS) is 10.0. The molecule has 0 atom stereocenters. The van der Waals surface area contributed by atoms with Crippen molar-refractivity contribution in [2.75, 3.05) is 10.6 Å². The second kappa shape index (κ2) is 7.72. The van der Waals surface area contributed by atoms with Crippen LogP contribution in [0.25, 0.3) is 0 Å². The molecule has 0 aliphatic rings. The fourth-order valence-electron chi connectivity index (χ4n) is 1.71. The van der Waals surface area contributed by atoms with Crippen LogP contribution >= 0.6 is 0 Å². The zero-order chi connectivity index (χ0) is 15.8. The molecule has 0 spiro atoms. The molecule has 0 saturated carbocycles. The zero-order valence-electron chi connectivity index (χ0n) is 11.8. The van der Waals surface area contributed by atoms with Crippen LogP contribution in [0, 0.1) is 0 Å². The summed E-state index contributed by atoms with van der Waals surface area (Å²) in [5.74, 6) is -0.661. The van der Waals surface area contributed by atoms with Crippen molar-refractivity contribution >= 4 is 23.4 Å². The second-order valence-corrected chi connectivity index (χ2v) is 4.58. The summed E-state index contributed by atoms with van der Waals surface area (Å²) >= 11 is 0. The van der Waals surface area contributed by atoms with Gasteiger partial charge in [0, 0.05) is 25.4 Å². The summed E-state index contributed by atoms with van der Waals surface area (Å²) in [4.78, 5) is 30.0. The van der Waals surface area contributed by atoms with E-state index in [1.807, 2.05) is 12.1 Å². The lowest BCUT2D eigenvalue weighted by molar-refractivity contribution is -0.138. The zero-order valence-corrected chi connectivity index (χ0v) is 11.8. The number of carboxylic acids is 1. The third-order valence-electron chi connectivity index (χ3n) is 2.84. The van der Waals surface area contributed by atoms with Crippen LogP contribution in [0.5, 0.6) is 0 Å². The van der Waals surface area contributed by atoms with E-state index in [1.54, 1.807) is 24.5 Å². The minimum Gasteiger partial charge on any atom is -0.481 e.